The molecule has 0 N–H and O–H groups in total. The molecule has 20 heavy (non-hydrogen) atoms. The van der Waals surface area contributed by atoms with Crippen LogP contribution in [0.5, 0.6) is 5.75 Å². The SMILES string of the molecule is CCOC(=O)CCCC(=O)c1cc(OC)c(Cl)cc1Cl. The minimum Gasteiger partial charge on any atom is -0.495 e. The molecule has 1 rings (SSSR count). The van der Waals surface area contributed by atoms with E-state index in [1.807, 2.05) is 0 Å². The maximum absolute atomic E-state index is 12.0. The summed E-state index contributed by atoms with van der Waals surface area (Å²) in [5.74, 6) is -0.0702. The van der Waals surface area contributed by atoms with Gasteiger partial charge in [0.05, 0.1) is 23.8 Å². The van der Waals surface area contributed by atoms with Crippen LogP contribution in [0, 0.1) is 0 Å². The Bertz CT molecular complexity index is 500. The number of carbonyl (C=O) groups is 2. The highest BCUT2D eigenvalue weighted by Crippen LogP contribution is 2.31. The van der Waals surface area contributed by atoms with E-state index in [-0.39, 0.29) is 29.6 Å². The Balaban J connectivity index is 2.66. The van der Waals surface area contributed by atoms with Crippen molar-refractivity contribution < 1.29 is 19.1 Å². The molecule has 0 aliphatic heterocycles. The lowest BCUT2D eigenvalue weighted by molar-refractivity contribution is -0.143. The van der Waals surface area contributed by atoms with E-state index in [1.54, 1.807) is 6.92 Å². The van der Waals surface area contributed by atoms with Gasteiger partial charge in [-0.1, -0.05) is 23.2 Å². The summed E-state index contributed by atoms with van der Waals surface area (Å²) in [4.78, 5) is 23.2. The average Bonchev–Trinajstić information content (AvgIpc) is 2.39. The Morgan fingerprint density at radius 1 is 1.15 bits per heavy atom. The Labute approximate surface area is 128 Å². The molecule has 0 fully saturated rings. The summed E-state index contributed by atoms with van der Waals surface area (Å²) in [5.41, 5.74) is 0.344. The number of Topliss-reactive ketones (excluding diaryl/α,β-unsaturated/α-hetero) is 1. The monoisotopic (exact) mass is 318 g/mol. The van der Waals surface area contributed by atoms with Crippen LogP contribution in [0.25, 0.3) is 0 Å². The van der Waals surface area contributed by atoms with Gasteiger partial charge in [-0.15, -0.1) is 0 Å². The van der Waals surface area contributed by atoms with Gasteiger partial charge in [-0.25, -0.2) is 0 Å². The zero-order chi connectivity index (χ0) is 15.1. The fraction of sp³-hybridized carbons (Fsp3) is 0.429. The molecule has 1 aromatic rings. The van der Waals surface area contributed by atoms with E-state index >= 15 is 0 Å². The first-order chi connectivity index (χ1) is 9.49. The van der Waals surface area contributed by atoms with Crippen molar-refractivity contribution in [3.8, 4) is 5.75 Å². The lowest BCUT2D eigenvalue weighted by Crippen LogP contribution is -2.06. The summed E-state index contributed by atoms with van der Waals surface area (Å²) in [7, 11) is 1.46. The van der Waals surface area contributed by atoms with Gasteiger partial charge in [0.2, 0.25) is 0 Å². The number of halogens is 2. The fourth-order valence-electron chi connectivity index (χ4n) is 1.66. The van der Waals surface area contributed by atoms with Crippen molar-refractivity contribution in [1.82, 2.24) is 0 Å². The lowest BCUT2D eigenvalue weighted by atomic mass is 10.1. The average molecular weight is 319 g/mol. The first kappa shape index (κ1) is 16.8. The molecular weight excluding hydrogens is 303 g/mol. The molecule has 0 aliphatic carbocycles. The maximum Gasteiger partial charge on any atom is 0.305 e. The van der Waals surface area contributed by atoms with Gasteiger partial charge in [-0.2, -0.15) is 0 Å². The number of ketones is 1. The number of hydrogen-bond acceptors (Lipinski definition) is 4. The first-order valence-electron chi connectivity index (χ1n) is 6.21. The Kier molecular flexibility index (Phi) is 6.82. The van der Waals surface area contributed by atoms with Gasteiger partial charge in [-0.3, -0.25) is 9.59 Å². The molecule has 0 aliphatic rings. The van der Waals surface area contributed by atoms with Crippen LogP contribution in [0.3, 0.4) is 0 Å². The van der Waals surface area contributed by atoms with Crippen molar-refractivity contribution in [2.45, 2.75) is 26.2 Å². The number of rotatable bonds is 7. The predicted molar refractivity (Wildman–Crippen MR) is 77.8 cm³/mol. The largest absolute Gasteiger partial charge is 0.495 e. The standard InChI is InChI=1S/C14H16Cl2O4/c1-3-20-14(18)6-4-5-12(17)9-7-13(19-2)11(16)8-10(9)15/h7-8H,3-6H2,1-2H3. The molecule has 0 radical (unpaired) electrons. The molecule has 0 spiro atoms. The molecule has 6 heteroatoms. The quantitative estimate of drug-likeness (QED) is 0.565. The van der Waals surface area contributed by atoms with E-state index in [2.05, 4.69) is 0 Å². The first-order valence-corrected chi connectivity index (χ1v) is 6.97. The summed E-state index contributed by atoms with van der Waals surface area (Å²) in [6, 6.07) is 2.98. The van der Waals surface area contributed by atoms with Gasteiger partial charge in [0.1, 0.15) is 5.75 Å². The minimum absolute atomic E-state index is 0.158. The molecule has 0 aromatic heterocycles. The molecule has 0 saturated heterocycles. The van der Waals surface area contributed by atoms with Crippen molar-refractivity contribution in [2.24, 2.45) is 0 Å². The highest BCUT2D eigenvalue weighted by atomic mass is 35.5. The van der Waals surface area contributed by atoms with E-state index < -0.39 is 0 Å². The predicted octanol–water partition coefficient (Wildman–Crippen LogP) is 3.92. The molecule has 0 unspecified atom stereocenters. The molecule has 110 valence electrons. The highest BCUT2D eigenvalue weighted by molar-refractivity contribution is 6.37. The summed E-state index contributed by atoms with van der Waals surface area (Å²) in [5, 5.41) is 0.623. The van der Waals surface area contributed by atoms with Crippen LogP contribution in [0.2, 0.25) is 10.0 Å². The minimum atomic E-state index is -0.305. The third-order valence-electron chi connectivity index (χ3n) is 2.63. The van der Waals surface area contributed by atoms with Crippen molar-refractivity contribution in [3.63, 3.8) is 0 Å². The number of esters is 1. The van der Waals surface area contributed by atoms with Crippen molar-refractivity contribution in [1.29, 1.82) is 0 Å². The van der Waals surface area contributed by atoms with E-state index in [1.165, 1.54) is 19.2 Å². The van der Waals surface area contributed by atoms with Gasteiger partial charge in [0.15, 0.2) is 5.78 Å². The Morgan fingerprint density at radius 3 is 2.45 bits per heavy atom. The Hall–Kier alpha value is -1.26. The normalized spacial score (nSPS) is 10.2. The van der Waals surface area contributed by atoms with E-state index in [0.717, 1.165) is 0 Å². The van der Waals surface area contributed by atoms with E-state index in [0.29, 0.717) is 29.4 Å². The molecule has 0 amide bonds. The van der Waals surface area contributed by atoms with Gasteiger partial charge >= 0.3 is 5.97 Å². The third-order valence-corrected chi connectivity index (χ3v) is 3.24. The number of ether oxygens (including phenoxy) is 2. The zero-order valence-corrected chi connectivity index (χ0v) is 12.9. The summed E-state index contributed by atoms with van der Waals surface area (Å²) in [6.07, 6.45) is 0.837. The van der Waals surface area contributed by atoms with Crippen LogP contribution in [0.15, 0.2) is 12.1 Å². The summed E-state index contributed by atoms with van der Waals surface area (Å²) < 4.78 is 9.84. The summed E-state index contributed by atoms with van der Waals surface area (Å²) >= 11 is 11.9. The molecular formula is C14H16Cl2O4. The number of carbonyl (C=O) groups excluding carboxylic acids is 2. The van der Waals surface area contributed by atoms with Gasteiger partial charge < -0.3 is 9.47 Å². The molecule has 0 heterocycles. The van der Waals surface area contributed by atoms with Crippen molar-refractivity contribution in [2.75, 3.05) is 13.7 Å². The molecule has 0 bridgehead atoms. The Morgan fingerprint density at radius 2 is 1.85 bits per heavy atom. The highest BCUT2D eigenvalue weighted by Gasteiger charge is 2.15. The summed E-state index contributed by atoms with van der Waals surface area (Å²) in [6.45, 7) is 2.08. The van der Waals surface area contributed by atoms with Crippen LogP contribution in [0.1, 0.15) is 36.5 Å². The number of hydrogen-bond donors (Lipinski definition) is 0. The van der Waals surface area contributed by atoms with Gasteiger partial charge in [0.25, 0.3) is 0 Å². The zero-order valence-electron chi connectivity index (χ0n) is 11.4. The fourth-order valence-corrected chi connectivity index (χ4v) is 2.23. The lowest BCUT2D eigenvalue weighted by Gasteiger charge is -2.08. The second-order valence-corrected chi connectivity index (χ2v) is 4.86. The van der Waals surface area contributed by atoms with Gasteiger partial charge in [0, 0.05) is 18.4 Å². The van der Waals surface area contributed by atoms with Gasteiger partial charge in [-0.05, 0) is 25.5 Å². The van der Waals surface area contributed by atoms with Crippen LogP contribution in [-0.2, 0) is 9.53 Å². The number of benzene rings is 1. The molecule has 0 saturated carbocycles. The molecule has 1 aromatic carbocycles. The smallest absolute Gasteiger partial charge is 0.305 e. The maximum atomic E-state index is 12.0. The molecule has 4 nitrogen and oxygen atoms in total. The third kappa shape index (κ3) is 4.69. The molecule has 0 atom stereocenters. The van der Waals surface area contributed by atoms with Crippen LogP contribution in [-0.4, -0.2) is 25.5 Å². The van der Waals surface area contributed by atoms with E-state index in [4.69, 9.17) is 32.7 Å². The van der Waals surface area contributed by atoms with Crippen LogP contribution in [0.4, 0.5) is 0 Å². The number of methoxy groups -OCH3 is 1. The van der Waals surface area contributed by atoms with Crippen LogP contribution < -0.4 is 4.74 Å². The van der Waals surface area contributed by atoms with E-state index in [9.17, 15) is 9.59 Å². The van der Waals surface area contributed by atoms with Crippen molar-refractivity contribution >= 4 is 35.0 Å². The van der Waals surface area contributed by atoms with Crippen LogP contribution >= 0.6 is 23.2 Å². The second-order valence-electron chi connectivity index (χ2n) is 4.05. The van der Waals surface area contributed by atoms with Crippen molar-refractivity contribution in [3.05, 3.63) is 27.7 Å². The topological polar surface area (TPSA) is 52.6 Å². The second kappa shape index (κ2) is 8.12.